The highest BCUT2D eigenvalue weighted by atomic mass is 16.5. The van der Waals surface area contributed by atoms with Gasteiger partial charge in [-0.1, -0.05) is 18.2 Å². The van der Waals surface area contributed by atoms with Crippen LogP contribution >= 0.6 is 0 Å². The lowest BCUT2D eigenvalue weighted by Gasteiger charge is -2.23. The van der Waals surface area contributed by atoms with Crippen molar-refractivity contribution in [3.63, 3.8) is 0 Å². The van der Waals surface area contributed by atoms with Crippen molar-refractivity contribution in [2.75, 3.05) is 20.2 Å². The van der Waals surface area contributed by atoms with Crippen molar-refractivity contribution in [2.45, 2.75) is 32.3 Å². The maximum atomic E-state index is 13.6. The Balaban J connectivity index is 1.29. The fourth-order valence-electron chi connectivity index (χ4n) is 4.86. The molecule has 1 atom stereocenters. The number of methoxy groups -OCH3 is 1. The van der Waals surface area contributed by atoms with E-state index in [1.807, 2.05) is 58.2 Å². The van der Waals surface area contributed by atoms with Gasteiger partial charge < -0.3 is 14.4 Å². The average molecular weight is 471 g/mol. The van der Waals surface area contributed by atoms with Gasteiger partial charge in [0.1, 0.15) is 6.61 Å². The maximum Gasteiger partial charge on any atom is 0.257 e. The molecule has 1 saturated heterocycles. The van der Waals surface area contributed by atoms with Crippen LogP contribution in [-0.4, -0.2) is 45.6 Å². The SMILES string of the molecule is COc1cccc(C(=O)N2CCC[C@H](Cc3cccn4nccc34)CC2)c1OCc1ccccn1. The molecule has 1 aliphatic heterocycles. The Morgan fingerprint density at radius 1 is 1.03 bits per heavy atom. The normalized spacial score (nSPS) is 16.1. The Morgan fingerprint density at radius 2 is 1.97 bits per heavy atom. The lowest BCUT2D eigenvalue weighted by Crippen LogP contribution is -2.32. The van der Waals surface area contributed by atoms with Crippen molar-refractivity contribution in [1.82, 2.24) is 19.5 Å². The minimum absolute atomic E-state index is 0.0153. The second kappa shape index (κ2) is 10.6. The highest BCUT2D eigenvalue weighted by molar-refractivity contribution is 5.97. The minimum Gasteiger partial charge on any atom is -0.493 e. The Morgan fingerprint density at radius 3 is 2.83 bits per heavy atom. The lowest BCUT2D eigenvalue weighted by atomic mass is 9.92. The standard InChI is InChI=1S/C28H30N4O3/c1-34-26-11-4-10-24(27(26)35-20-23-9-2-3-14-29-23)28(33)31-16-5-7-21(13-18-31)19-22-8-6-17-32-25(22)12-15-30-32/h2-4,6,8-12,14-15,17,21H,5,7,13,16,18-20H2,1H3/t21-/m0/s1. The van der Waals surface area contributed by atoms with Crippen LogP contribution in [0.3, 0.4) is 0 Å². The molecule has 5 rings (SSSR count). The number of amides is 1. The largest absolute Gasteiger partial charge is 0.493 e. The molecule has 7 heteroatoms. The number of hydrogen-bond acceptors (Lipinski definition) is 5. The molecule has 0 bridgehead atoms. The van der Waals surface area contributed by atoms with Crippen LogP contribution in [0, 0.1) is 5.92 Å². The number of aromatic nitrogens is 3. The molecule has 1 aromatic carbocycles. The molecule has 0 saturated carbocycles. The molecule has 4 heterocycles. The first-order valence-electron chi connectivity index (χ1n) is 12.1. The second-order valence-corrected chi connectivity index (χ2v) is 8.93. The second-order valence-electron chi connectivity index (χ2n) is 8.93. The van der Waals surface area contributed by atoms with Crippen molar-refractivity contribution in [3.8, 4) is 11.5 Å². The van der Waals surface area contributed by atoms with Crippen molar-refractivity contribution >= 4 is 11.4 Å². The molecule has 1 fully saturated rings. The zero-order chi connectivity index (χ0) is 24.0. The molecule has 1 amide bonds. The molecule has 0 N–H and O–H groups in total. The fourth-order valence-corrected chi connectivity index (χ4v) is 4.86. The van der Waals surface area contributed by atoms with Gasteiger partial charge in [-0.15, -0.1) is 0 Å². The number of fused-ring (bicyclic) bond motifs is 1. The molecular formula is C28H30N4O3. The summed E-state index contributed by atoms with van der Waals surface area (Å²) in [6, 6.07) is 17.5. The Kier molecular flexibility index (Phi) is 6.93. The van der Waals surface area contributed by atoms with Crippen molar-refractivity contribution in [3.05, 3.63) is 90.0 Å². The summed E-state index contributed by atoms with van der Waals surface area (Å²) in [5, 5.41) is 4.35. The Hall–Kier alpha value is -3.87. The van der Waals surface area contributed by atoms with Gasteiger partial charge in [-0.25, -0.2) is 4.52 Å². The Bertz CT molecular complexity index is 1290. The van der Waals surface area contributed by atoms with E-state index in [4.69, 9.17) is 9.47 Å². The minimum atomic E-state index is -0.0153. The zero-order valence-corrected chi connectivity index (χ0v) is 20.0. The van der Waals surface area contributed by atoms with Crippen molar-refractivity contribution in [2.24, 2.45) is 5.92 Å². The van der Waals surface area contributed by atoms with Gasteiger partial charge in [0.2, 0.25) is 0 Å². The van der Waals surface area contributed by atoms with E-state index in [-0.39, 0.29) is 12.5 Å². The molecule has 35 heavy (non-hydrogen) atoms. The van der Waals surface area contributed by atoms with Crippen molar-refractivity contribution in [1.29, 1.82) is 0 Å². The van der Waals surface area contributed by atoms with E-state index in [9.17, 15) is 4.79 Å². The van der Waals surface area contributed by atoms with E-state index in [2.05, 4.69) is 28.3 Å². The van der Waals surface area contributed by atoms with Gasteiger partial charge in [0.15, 0.2) is 11.5 Å². The van der Waals surface area contributed by atoms with E-state index < -0.39 is 0 Å². The number of hydrogen-bond donors (Lipinski definition) is 0. The summed E-state index contributed by atoms with van der Waals surface area (Å²) in [6.45, 7) is 1.73. The summed E-state index contributed by atoms with van der Waals surface area (Å²) in [5.41, 5.74) is 3.80. The number of ether oxygens (including phenoxy) is 2. The number of rotatable bonds is 7. The maximum absolute atomic E-state index is 13.6. The fraction of sp³-hybridized carbons (Fsp3) is 0.321. The molecule has 3 aromatic heterocycles. The van der Waals surface area contributed by atoms with Crippen LogP contribution in [0.1, 0.15) is 40.9 Å². The number of likely N-dealkylation sites (tertiary alicyclic amines) is 1. The van der Waals surface area contributed by atoms with Gasteiger partial charge in [0, 0.05) is 31.7 Å². The smallest absolute Gasteiger partial charge is 0.257 e. The molecule has 0 aliphatic carbocycles. The van der Waals surface area contributed by atoms with Gasteiger partial charge >= 0.3 is 0 Å². The van der Waals surface area contributed by atoms with Crippen LogP contribution in [0.4, 0.5) is 0 Å². The summed E-state index contributed by atoms with van der Waals surface area (Å²) in [5.74, 6) is 1.53. The van der Waals surface area contributed by atoms with Crippen molar-refractivity contribution < 1.29 is 14.3 Å². The lowest BCUT2D eigenvalue weighted by molar-refractivity contribution is 0.0754. The summed E-state index contributed by atoms with van der Waals surface area (Å²) in [7, 11) is 1.59. The quantitative estimate of drug-likeness (QED) is 0.388. The summed E-state index contributed by atoms with van der Waals surface area (Å²) in [4.78, 5) is 19.9. The van der Waals surface area contributed by atoms with E-state index in [1.165, 1.54) is 5.56 Å². The van der Waals surface area contributed by atoms with Crippen LogP contribution < -0.4 is 9.47 Å². The van der Waals surface area contributed by atoms with Gasteiger partial charge in [0.05, 0.1) is 23.9 Å². The monoisotopic (exact) mass is 470 g/mol. The van der Waals surface area contributed by atoms with Crippen LogP contribution in [0.2, 0.25) is 0 Å². The summed E-state index contributed by atoms with van der Waals surface area (Å²) < 4.78 is 13.5. The molecule has 4 aromatic rings. The summed E-state index contributed by atoms with van der Waals surface area (Å²) >= 11 is 0. The van der Waals surface area contributed by atoms with Gasteiger partial charge in [-0.2, -0.15) is 5.10 Å². The Labute approximate surface area is 205 Å². The van der Waals surface area contributed by atoms with E-state index in [0.717, 1.165) is 50.0 Å². The number of carbonyl (C=O) groups excluding carboxylic acids is 1. The van der Waals surface area contributed by atoms with Gasteiger partial charge in [-0.05, 0) is 73.6 Å². The third-order valence-electron chi connectivity index (χ3n) is 6.69. The predicted octanol–water partition coefficient (Wildman–Crippen LogP) is 4.80. The number of nitrogens with zero attached hydrogens (tertiary/aromatic N) is 4. The highest BCUT2D eigenvalue weighted by Crippen LogP contribution is 2.33. The number of benzene rings is 1. The molecule has 0 spiro atoms. The van der Waals surface area contributed by atoms with E-state index in [0.29, 0.717) is 23.0 Å². The third-order valence-corrected chi connectivity index (χ3v) is 6.69. The third kappa shape index (κ3) is 5.14. The highest BCUT2D eigenvalue weighted by Gasteiger charge is 2.26. The van der Waals surface area contributed by atoms with Gasteiger partial charge in [0.25, 0.3) is 5.91 Å². The first kappa shape index (κ1) is 22.9. The van der Waals surface area contributed by atoms with Crippen LogP contribution in [-0.2, 0) is 13.0 Å². The number of pyridine rings is 2. The molecule has 0 radical (unpaired) electrons. The molecule has 1 aliphatic rings. The van der Waals surface area contributed by atoms with E-state index in [1.54, 1.807) is 13.3 Å². The average Bonchev–Trinajstić information content (AvgIpc) is 3.27. The topological polar surface area (TPSA) is 69.0 Å². The summed E-state index contributed by atoms with van der Waals surface area (Å²) in [6.07, 6.45) is 9.59. The first-order chi connectivity index (χ1) is 17.2. The van der Waals surface area contributed by atoms with E-state index >= 15 is 0 Å². The zero-order valence-electron chi connectivity index (χ0n) is 20.0. The molecule has 0 unspecified atom stereocenters. The van der Waals surface area contributed by atoms with Crippen LogP contribution in [0.15, 0.2) is 73.2 Å². The predicted molar refractivity (Wildman–Crippen MR) is 134 cm³/mol. The first-order valence-corrected chi connectivity index (χ1v) is 12.1. The number of para-hydroxylation sites is 1. The molecular weight excluding hydrogens is 440 g/mol. The number of carbonyl (C=O) groups is 1. The van der Waals surface area contributed by atoms with Crippen LogP contribution in [0.25, 0.3) is 5.52 Å². The molecule has 7 nitrogen and oxygen atoms in total. The van der Waals surface area contributed by atoms with Gasteiger partial charge in [-0.3, -0.25) is 9.78 Å². The molecule has 180 valence electrons. The van der Waals surface area contributed by atoms with Crippen LogP contribution in [0.5, 0.6) is 11.5 Å².